The van der Waals surface area contributed by atoms with Crippen LogP contribution in [-0.2, 0) is 4.74 Å². The van der Waals surface area contributed by atoms with Crippen LogP contribution in [0.1, 0.15) is 39.4 Å². The molecule has 0 aliphatic carbocycles. The Morgan fingerprint density at radius 3 is 2.72 bits per heavy atom. The molecule has 0 unspecified atom stereocenters. The summed E-state index contributed by atoms with van der Waals surface area (Å²) in [6.07, 6.45) is 0. The largest absolute Gasteiger partial charge is 0.384 e. The van der Waals surface area contributed by atoms with Gasteiger partial charge in [0.2, 0.25) is 0 Å². The first kappa shape index (κ1) is 13.1. The van der Waals surface area contributed by atoms with E-state index in [1.165, 1.54) is 0 Å². The van der Waals surface area contributed by atoms with E-state index in [2.05, 4.69) is 42.6 Å². The van der Waals surface area contributed by atoms with Gasteiger partial charge in [-0.15, -0.1) is 0 Å². The Labute approximate surface area is 108 Å². The van der Waals surface area contributed by atoms with Crippen LogP contribution < -0.4 is 10.6 Å². The Balaban J connectivity index is 2.37. The Morgan fingerprint density at radius 1 is 1.39 bits per heavy atom. The predicted molar refractivity (Wildman–Crippen MR) is 72.8 cm³/mol. The van der Waals surface area contributed by atoms with E-state index in [-0.39, 0.29) is 11.5 Å². The summed E-state index contributed by atoms with van der Waals surface area (Å²) in [7, 11) is 0. The molecular formula is C13H22N4O. The fourth-order valence-electron chi connectivity index (χ4n) is 2.15. The van der Waals surface area contributed by atoms with E-state index in [1.807, 2.05) is 6.07 Å². The van der Waals surface area contributed by atoms with Gasteiger partial charge in [-0.2, -0.15) is 0 Å². The molecule has 5 nitrogen and oxygen atoms in total. The molecule has 0 spiro atoms. The number of nitrogens with two attached hydrogens (primary N) is 1. The minimum atomic E-state index is -0.0622. The van der Waals surface area contributed by atoms with Gasteiger partial charge in [-0.1, -0.05) is 13.8 Å². The van der Waals surface area contributed by atoms with E-state index < -0.39 is 0 Å². The van der Waals surface area contributed by atoms with E-state index in [0.29, 0.717) is 12.4 Å². The van der Waals surface area contributed by atoms with Gasteiger partial charge in [-0.05, 0) is 13.8 Å². The molecular weight excluding hydrogens is 228 g/mol. The maximum absolute atomic E-state index is 5.88. The molecule has 0 radical (unpaired) electrons. The summed E-state index contributed by atoms with van der Waals surface area (Å²) in [5.41, 5.74) is 5.82. The van der Waals surface area contributed by atoms with Gasteiger partial charge in [-0.3, -0.25) is 0 Å². The van der Waals surface area contributed by atoms with Crippen molar-refractivity contribution in [2.75, 3.05) is 30.4 Å². The van der Waals surface area contributed by atoms with Crippen LogP contribution >= 0.6 is 0 Å². The minimum absolute atomic E-state index is 0.0622. The smallest absolute Gasteiger partial charge is 0.135 e. The Bertz CT molecular complexity index is 431. The second-order valence-corrected chi connectivity index (χ2v) is 5.68. The molecule has 100 valence electrons. The molecule has 0 saturated carbocycles. The molecule has 1 aromatic heterocycles. The molecule has 0 bridgehead atoms. The molecule has 1 aliphatic rings. The van der Waals surface area contributed by atoms with E-state index in [0.717, 1.165) is 24.8 Å². The molecule has 0 atom stereocenters. The lowest BCUT2D eigenvalue weighted by Gasteiger charge is -2.43. The maximum atomic E-state index is 5.88. The zero-order valence-electron chi connectivity index (χ0n) is 11.6. The number of anilines is 2. The summed E-state index contributed by atoms with van der Waals surface area (Å²) in [6.45, 7) is 10.7. The average Bonchev–Trinajstić information content (AvgIpc) is 2.27. The number of nitrogen functional groups attached to an aromatic ring is 1. The Hall–Kier alpha value is -1.36. The van der Waals surface area contributed by atoms with Crippen LogP contribution in [0.4, 0.5) is 11.6 Å². The molecule has 2 N–H and O–H groups in total. The van der Waals surface area contributed by atoms with Crippen molar-refractivity contribution in [1.82, 2.24) is 9.97 Å². The van der Waals surface area contributed by atoms with Gasteiger partial charge >= 0.3 is 0 Å². The molecule has 1 saturated heterocycles. The quantitative estimate of drug-likeness (QED) is 0.867. The molecule has 1 aromatic rings. The second-order valence-electron chi connectivity index (χ2n) is 5.68. The summed E-state index contributed by atoms with van der Waals surface area (Å²) in [4.78, 5) is 11.2. The number of hydrogen-bond acceptors (Lipinski definition) is 5. The van der Waals surface area contributed by atoms with Crippen molar-refractivity contribution >= 4 is 11.6 Å². The van der Waals surface area contributed by atoms with Crippen LogP contribution in [0, 0.1) is 0 Å². The minimum Gasteiger partial charge on any atom is -0.384 e. The van der Waals surface area contributed by atoms with E-state index in [1.54, 1.807) is 0 Å². The van der Waals surface area contributed by atoms with E-state index in [9.17, 15) is 0 Å². The van der Waals surface area contributed by atoms with Crippen molar-refractivity contribution in [3.8, 4) is 0 Å². The number of hydrogen-bond donors (Lipinski definition) is 1. The lowest BCUT2D eigenvalue weighted by Crippen LogP contribution is -2.53. The third kappa shape index (κ3) is 2.56. The summed E-state index contributed by atoms with van der Waals surface area (Å²) in [5, 5.41) is 0. The van der Waals surface area contributed by atoms with Crippen LogP contribution in [0.5, 0.6) is 0 Å². The van der Waals surface area contributed by atoms with Crippen LogP contribution in [0.2, 0.25) is 0 Å². The Morgan fingerprint density at radius 2 is 2.11 bits per heavy atom. The average molecular weight is 250 g/mol. The van der Waals surface area contributed by atoms with Gasteiger partial charge in [0.05, 0.1) is 18.8 Å². The first-order valence-corrected chi connectivity index (χ1v) is 6.40. The highest BCUT2D eigenvalue weighted by Gasteiger charge is 2.32. The van der Waals surface area contributed by atoms with Crippen LogP contribution in [0.3, 0.4) is 0 Å². The van der Waals surface area contributed by atoms with Crippen molar-refractivity contribution in [2.45, 2.75) is 39.2 Å². The molecule has 5 heteroatoms. The van der Waals surface area contributed by atoms with Crippen molar-refractivity contribution in [2.24, 2.45) is 0 Å². The van der Waals surface area contributed by atoms with Crippen molar-refractivity contribution in [1.29, 1.82) is 0 Å². The number of rotatable bonds is 2. The summed E-state index contributed by atoms with van der Waals surface area (Å²) in [6, 6.07) is 1.85. The van der Waals surface area contributed by atoms with E-state index >= 15 is 0 Å². The highest BCUT2D eigenvalue weighted by atomic mass is 16.5. The molecule has 0 aromatic carbocycles. The Kier molecular flexibility index (Phi) is 3.43. The van der Waals surface area contributed by atoms with Crippen LogP contribution in [0.25, 0.3) is 0 Å². The lowest BCUT2D eigenvalue weighted by atomic mass is 10.0. The fraction of sp³-hybridized carbons (Fsp3) is 0.692. The molecule has 1 aliphatic heterocycles. The van der Waals surface area contributed by atoms with Gasteiger partial charge in [0.25, 0.3) is 0 Å². The van der Waals surface area contributed by atoms with Gasteiger partial charge in [0.1, 0.15) is 17.5 Å². The standard InChI is InChI=1S/C13H22N4O/c1-9(2)12-15-10(14)7-11(16-12)17-5-6-18-8-13(17,3)4/h7,9H,5-6,8H2,1-4H3,(H2,14,15,16). The van der Waals surface area contributed by atoms with Crippen molar-refractivity contribution in [3.05, 3.63) is 11.9 Å². The van der Waals surface area contributed by atoms with Crippen molar-refractivity contribution in [3.63, 3.8) is 0 Å². The summed E-state index contributed by atoms with van der Waals surface area (Å²) >= 11 is 0. The van der Waals surface area contributed by atoms with Gasteiger partial charge < -0.3 is 15.4 Å². The lowest BCUT2D eigenvalue weighted by molar-refractivity contribution is 0.0639. The highest BCUT2D eigenvalue weighted by Crippen LogP contribution is 2.27. The number of nitrogens with zero attached hydrogens (tertiary/aromatic N) is 3. The summed E-state index contributed by atoms with van der Waals surface area (Å²) in [5.74, 6) is 2.51. The number of aromatic nitrogens is 2. The first-order chi connectivity index (χ1) is 8.40. The predicted octanol–water partition coefficient (Wildman–Crippen LogP) is 1.80. The van der Waals surface area contributed by atoms with Gasteiger partial charge in [-0.25, -0.2) is 9.97 Å². The number of ether oxygens (including phenoxy) is 1. The zero-order valence-corrected chi connectivity index (χ0v) is 11.6. The zero-order chi connectivity index (χ0) is 13.3. The third-order valence-electron chi connectivity index (χ3n) is 3.19. The van der Waals surface area contributed by atoms with Crippen LogP contribution in [-0.4, -0.2) is 35.3 Å². The highest BCUT2D eigenvalue weighted by molar-refractivity contribution is 5.49. The maximum Gasteiger partial charge on any atom is 0.135 e. The molecule has 2 rings (SSSR count). The topological polar surface area (TPSA) is 64.3 Å². The van der Waals surface area contributed by atoms with Gasteiger partial charge in [0.15, 0.2) is 0 Å². The second kappa shape index (κ2) is 4.72. The third-order valence-corrected chi connectivity index (χ3v) is 3.19. The van der Waals surface area contributed by atoms with Crippen molar-refractivity contribution < 1.29 is 4.74 Å². The van der Waals surface area contributed by atoms with E-state index in [4.69, 9.17) is 10.5 Å². The number of morpholine rings is 1. The SMILES string of the molecule is CC(C)c1nc(N)cc(N2CCOCC2(C)C)n1. The van der Waals surface area contributed by atoms with Crippen LogP contribution in [0.15, 0.2) is 6.07 Å². The monoisotopic (exact) mass is 250 g/mol. The molecule has 1 fully saturated rings. The molecule has 18 heavy (non-hydrogen) atoms. The first-order valence-electron chi connectivity index (χ1n) is 6.40. The van der Waals surface area contributed by atoms with Gasteiger partial charge in [0, 0.05) is 18.5 Å². The summed E-state index contributed by atoms with van der Waals surface area (Å²) < 4.78 is 5.53. The fourth-order valence-corrected chi connectivity index (χ4v) is 2.15. The molecule has 2 heterocycles. The molecule has 0 amide bonds. The normalized spacial score (nSPS) is 19.3.